The van der Waals surface area contributed by atoms with Crippen LogP contribution in [0.5, 0.6) is 5.75 Å². The lowest BCUT2D eigenvalue weighted by molar-refractivity contribution is 0.204. The van der Waals surface area contributed by atoms with Crippen LogP contribution in [0.4, 0.5) is 0 Å². The van der Waals surface area contributed by atoms with Gasteiger partial charge in [0.25, 0.3) is 0 Å². The van der Waals surface area contributed by atoms with E-state index in [0.717, 1.165) is 25.1 Å². The first kappa shape index (κ1) is 11.1. The molecule has 0 spiro atoms. The number of hydrogen-bond acceptors (Lipinski definition) is 2. The topological polar surface area (TPSA) is 21.3 Å². The largest absolute Gasteiger partial charge is 0.490 e. The summed E-state index contributed by atoms with van der Waals surface area (Å²) in [6.07, 6.45) is 2.39. The lowest BCUT2D eigenvalue weighted by Gasteiger charge is -2.17. The Hall–Kier alpha value is -1.80. The fourth-order valence-electron chi connectivity index (χ4n) is 3.24. The second-order valence-corrected chi connectivity index (χ2v) is 5.42. The molecule has 0 bridgehead atoms. The summed E-state index contributed by atoms with van der Waals surface area (Å²) in [6.45, 7) is 0.987. The summed E-state index contributed by atoms with van der Waals surface area (Å²) in [6, 6.07) is 17.5. The van der Waals surface area contributed by atoms with Gasteiger partial charge in [0.15, 0.2) is 0 Å². The van der Waals surface area contributed by atoms with E-state index in [1.54, 1.807) is 0 Å². The van der Waals surface area contributed by atoms with Crippen LogP contribution in [0, 0.1) is 0 Å². The minimum Gasteiger partial charge on any atom is -0.490 e. The SMILES string of the molecule is c1ccc2c(c1)CC(CC1NCc3ccccc31)O2. The molecule has 2 unspecified atom stereocenters. The Morgan fingerprint density at radius 2 is 1.79 bits per heavy atom. The van der Waals surface area contributed by atoms with Crippen LogP contribution in [-0.4, -0.2) is 6.10 Å². The minimum absolute atomic E-state index is 0.307. The molecule has 1 N–H and O–H groups in total. The van der Waals surface area contributed by atoms with Crippen molar-refractivity contribution in [2.24, 2.45) is 0 Å². The highest BCUT2D eigenvalue weighted by Gasteiger charge is 2.29. The van der Waals surface area contributed by atoms with E-state index in [9.17, 15) is 0 Å². The Kier molecular flexibility index (Phi) is 2.56. The Labute approximate surface area is 113 Å². The molecule has 0 fully saturated rings. The molecule has 19 heavy (non-hydrogen) atoms. The number of para-hydroxylation sites is 1. The van der Waals surface area contributed by atoms with E-state index >= 15 is 0 Å². The number of hydrogen-bond donors (Lipinski definition) is 1. The van der Waals surface area contributed by atoms with Gasteiger partial charge in [0.2, 0.25) is 0 Å². The second-order valence-electron chi connectivity index (χ2n) is 5.42. The summed E-state index contributed by atoms with van der Waals surface area (Å²) in [4.78, 5) is 0. The second kappa shape index (κ2) is 4.39. The summed E-state index contributed by atoms with van der Waals surface area (Å²) in [5.41, 5.74) is 4.23. The van der Waals surface area contributed by atoms with E-state index in [4.69, 9.17) is 4.74 Å². The zero-order chi connectivity index (χ0) is 12.7. The first-order chi connectivity index (χ1) is 9.40. The van der Waals surface area contributed by atoms with Gasteiger partial charge in [-0.3, -0.25) is 0 Å². The fraction of sp³-hybridized carbons (Fsp3) is 0.294. The molecule has 2 atom stereocenters. The maximum atomic E-state index is 6.04. The third kappa shape index (κ3) is 1.92. The van der Waals surface area contributed by atoms with Gasteiger partial charge in [0, 0.05) is 25.4 Å². The van der Waals surface area contributed by atoms with E-state index in [1.165, 1.54) is 16.7 Å². The number of rotatable bonds is 2. The van der Waals surface area contributed by atoms with Crippen LogP contribution in [0.2, 0.25) is 0 Å². The zero-order valence-electron chi connectivity index (χ0n) is 10.8. The summed E-state index contributed by atoms with van der Waals surface area (Å²) in [5.74, 6) is 1.07. The third-order valence-corrected chi connectivity index (χ3v) is 4.18. The molecule has 0 amide bonds. The fourth-order valence-corrected chi connectivity index (χ4v) is 3.24. The van der Waals surface area contributed by atoms with Crippen LogP contribution >= 0.6 is 0 Å². The highest BCUT2D eigenvalue weighted by atomic mass is 16.5. The maximum absolute atomic E-state index is 6.04. The van der Waals surface area contributed by atoms with Crippen molar-refractivity contribution < 1.29 is 4.74 Å². The predicted molar refractivity (Wildman–Crippen MR) is 75.2 cm³/mol. The molecule has 2 aliphatic rings. The predicted octanol–water partition coefficient (Wildman–Crippen LogP) is 3.22. The smallest absolute Gasteiger partial charge is 0.123 e. The average molecular weight is 251 g/mol. The highest BCUT2D eigenvalue weighted by molar-refractivity contribution is 5.38. The van der Waals surface area contributed by atoms with Crippen LogP contribution in [0.1, 0.15) is 29.2 Å². The van der Waals surface area contributed by atoms with E-state index in [0.29, 0.717) is 12.1 Å². The van der Waals surface area contributed by atoms with Gasteiger partial charge in [-0.1, -0.05) is 42.5 Å². The lowest BCUT2D eigenvalue weighted by atomic mass is 9.98. The van der Waals surface area contributed by atoms with Gasteiger partial charge in [-0.25, -0.2) is 0 Å². The van der Waals surface area contributed by atoms with Gasteiger partial charge in [-0.15, -0.1) is 0 Å². The van der Waals surface area contributed by atoms with Crippen molar-refractivity contribution in [1.29, 1.82) is 0 Å². The average Bonchev–Trinajstić information content (AvgIpc) is 3.03. The Balaban J connectivity index is 1.50. The summed E-state index contributed by atoms with van der Waals surface area (Å²) in [5, 5.41) is 3.60. The number of ether oxygens (including phenoxy) is 1. The highest BCUT2D eigenvalue weighted by Crippen LogP contribution is 2.35. The molecule has 0 aromatic heterocycles. The Morgan fingerprint density at radius 1 is 1.00 bits per heavy atom. The molecular weight excluding hydrogens is 234 g/mol. The molecule has 2 heteroatoms. The maximum Gasteiger partial charge on any atom is 0.123 e. The molecule has 2 aliphatic heterocycles. The normalized spacial score (nSPS) is 23.8. The first-order valence-electron chi connectivity index (χ1n) is 6.96. The molecule has 0 radical (unpaired) electrons. The molecule has 2 nitrogen and oxygen atoms in total. The lowest BCUT2D eigenvalue weighted by Crippen LogP contribution is -2.22. The molecule has 0 saturated carbocycles. The standard InChI is InChI=1S/C17H17NO/c1-3-7-15-13(6-1)11-18-16(15)10-14-9-12-5-2-4-8-17(12)19-14/h1-8,14,16,18H,9-11H2. The molecule has 2 heterocycles. The molecule has 96 valence electrons. The summed E-state index contributed by atoms with van der Waals surface area (Å²) in [7, 11) is 0. The van der Waals surface area contributed by atoms with Crippen molar-refractivity contribution in [3.63, 3.8) is 0 Å². The van der Waals surface area contributed by atoms with Crippen LogP contribution in [-0.2, 0) is 13.0 Å². The number of benzene rings is 2. The van der Waals surface area contributed by atoms with Crippen molar-refractivity contribution in [3.8, 4) is 5.75 Å². The van der Waals surface area contributed by atoms with Crippen molar-refractivity contribution in [2.75, 3.05) is 0 Å². The quantitative estimate of drug-likeness (QED) is 0.884. The monoisotopic (exact) mass is 251 g/mol. The van der Waals surface area contributed by atoms with Crippen LogP contribution in [0.15, 0.2) is 48.5 Å². The van der Waals surface area contributed by atoms with Crippen molar-refractivity contribution in [3.05, 3.63) is 65.2 Å². The van der Waals surface area contributed by atoms with Crippen LogP contribution in [0.25, 0.3) is 0 Å². The summed E-state index contributed by atoms with van der Waals surface area (Å²) < 4.78 is 6.04. The van der Waals surface area contributed by atoms with E-state index in [-0.39, 0.29) is 0 Å². The molecular formula is C17H17NO. The van der Waals surface area contributed by atoms with Crippen molar-refractivity contribution in [2.45, 2.75) is 31.5 Å². The van der Waals surface area contributed by atoms with Gasteiger partial charge < -0.3 is 10.1 Å². The Bertz CT molecular complexity index is 583. The van der Waals surface area contributed by atoms with Gasteiger partial charge in [-0.2, -0.15) is 0 Å². The van der Waals surface area contributed by atoms with Gasteiger partial charge in [0.1, 0.15) is 11.9 Å². The molecule has 4 rings (SSSR count). The molecule has 2 aromatic rings. The number of fused-ring (bicyclic) bond motifs is 2. The van der Waals surface area contributed by atoms with E-state index < -0.39 is 0 Å². The number of nitrogens with one attached hydrogen (secondary N) is 1. The van der Waals surface area contributed by atoms with Crippen LogP contribution in [0.3, 0.4) is 0 Å². The molecule has 0 aliphatic carbocycles. The van der Waals surface area contributed by atoms with E-state index in [2.05, 4.69) is 47.8 Å². The van der Waals surface area contributed by atoms with Gasteiger partial charge >= 0.3 is 0 Å². The van der Waals surface area contributed by atoms with Crippen molar-refractivity contribution >= 4 is 0 Å². The van der Waals surface area contributed by atoms with Crippen molar-refractivity contribution in [1.82, 2.24) is 5.32 Å². The minimum atomic E-state index is 0.307. The summed E-state index contributed by atoms with van der Waals surface area (Å²) >= 11 is 0. The van der Waals surface area contributed by atoms with E-state index in [1.807, 2.05) is 6.07 Å². The third-order valence-electron chi connectivity index (χ3n) is 4.18. The van der Waals surface area contributed by atoms with Gasteiger partial charge in [-0.05, 0) is 22.8 Å². The van der Waals surface area contributed by atoms with Crippen LogP contribution < -0.4 is 10.1 Å². The Morgan fingerprint density at radius 3 is 2.68 bits per heavy atom. The molecule has 2 aromatic carbocycles. The van der Waals surface area contributed by atoms with Gasteiger partial charge in [0.05, 0.1) is 0 Å². The zero-order valence-corrected chi connectivity index (χ0v) is 10.8. The molecule has 0 saturated heterocycles. The first-order valence-corrected chi connectivity index (χ1v) is 6.96.